The van der Waals surface area contributed by atoms with Crippen LogP contribution in [0.1, 0.15) is 20.7 Å². The molecule has 7 nitrogen and oxygen atoms in total. The average Bonchev–Trinajstić information content (AvgIpc) is 2.65. The molecule has 26 heavy (non-hydrogen) atoms. The summed E-state index contributed by atoms with van der Waals surface area (Å²) in [5, 5.41) is 14.4. The number of aliphatic hydroxyl groups excluding tert-OH is 1. The van der Waals surface area contributed by atoms with Gasteiger partial charge in [-0.05, 0) is 42.5 Å². The van der Waals surface area contributed by atoms with E-state index in [1.165, 1.54) is 36.4 Å². The second kappa shape index (κ2) is 8.72. The molecule has 2 amide bonds. The fraction of sp³-hybridized carbons (Fsp3) is 0.167. The molecule has 0 radical (unpaired) electrons. The molecule has 0 aromatic heterocycles. The molecule has 0 spiro atoms. The Morgan fingerprint density at radius 2 is 1.77 bits per heavy atom. The number of anilines is 1. The third-order valence-corrected chi connectivity index (χ3v) is 3.42. The van der Waals surface area contributed by atoms with Crippen LogP contribution in [-0.2, 0) is 9.53 Å². The highest BCUT2D eigenvalue weighted by Gasteiger charge is 2.17. The summed E-state index contributed by atoms with van der Waals surface area (Å²) < 4.78 is 17.2. The normalized spacial score (nSPS) is 11.3. The maximum absolute atomic E-state index is 12.9. The molecule has 0 bridgehead atoms. The molecule has 0 aliphatic carbocycles. The van der Waals surface area contributed by atoms with Crippen LogP contribution >= 0.6 is 0 Å². The highest BCUT2D eigenvalue weighted by atomic mass is 19.1. The van der Waals surface area contributed by atoms with E-state index in [9.17, 15) is 23.9 Å². The molecule has 3 N–H and O–H groups in total. The van der Waals surface area contributed by atoms with Gasteiger partial charge in [0.15, 0.2) is 6.10 Å². The van der Waals surface area contributed by atoms with Crippen molar-refractivity contribution in [2.75, 3.05) is 19.0 Å². The Morgan fingerprint density at radius 1 is 1.08 bits per heavy atom. The van der Waals surface area contributed by atoms with Crippen molar-refractivity contribution in [1.29, 1.82) is 0 Å². The van der Waals surface area contributed by atoms with E-state index < -0.39 is 29.7 Å². The molecule has 8 heteroatoms. The second-order valence-electron chi connectivity index (χ2n) is 5.29. The summed E-state index contributed by atoms with van der Waals surface area (Å²) in [6.07, 6.45) is -1.47. The number of hydrogen-bond donors (Lipinski definition) is 3. The number of benzene rings is 2. The van der Waals surface area contributed by atoms with E-state index in [0.29, 0.717) is 5.69 Å². The van der Waals surface area contributed by atoms with Crippen molar-refractivity contribution in [3.8, 4) is 0 Å². The number of rotatable bonds is 6. The molecule has 0 unspecified atom stereocenters. The van der Waals surface area contributed by atoms with E-state index in [1.807, 2.05) is 0 Å². The molecule has 136 valence electrons. The number of hydrogen-bond acceptors (Lipinski definition) is 5. The fourth-order valence-corrected chi connectivity index (χ4v) is 2.05. The summed E-state index contributed by atoms with van der Waals surface area (Å²) in [7, 11) is 1.13. The first-order valence-corrected chi connectivity index (χ1v) is 7.62. The van der Waals surface area contributed by atoms with Gasteiger partial charge in [0, 0.05) is 16.8 Å². The van der Waals surface area contributed by atoms with Gasteiger partial charge in [0.1, 0.15) is 5.82 Å². The fourth-order valence-electron chi connectivity index (χ4n) is 2.05. The van der Waals surface area contributed by atoms with E-state index in [4.69, 9.17) is 0 Å². The van der Waals surface area contributed by atoms with Gasteiger partial charge in [-0.2, -0.15) is 0 Å². The first kappa shape index (κ1) is 19.1. The van der Waals surface area contributed by atoms with E-state index in [0.717, 1.165) is 7.11 Å². The van der Waals surface area contributed by atoms with Crippen molar-refractivity contribution in [2.24, 2.45) is 0 Å². The van der Waals surface area contributed by atoms with Gasteiger partial charge in [0.2, 0.25) is 0 Å². The summed E-state index contributed by atoms with van der Waals surface area (Å²) in [6, 6.07) is 11.1. The third-order valence-electron chi connectivity index (χ3n) is 3.42. The van der Waals surface area contributed by atoms with Gasteiger partial charge in [-0.25, -0.2) is 9.18 Å². The summed E-state index contributed by atoms with van der Waals surface area (Å²) in [5.74, 6) is -2.30. The van der Waals surface area contributed by atoms with Crippen molar-refractivity contribution >= 4 is 23.5 Å². The molecule has 0 heterocycles. The molecular weight excluding hydrogens is 343 g/mol. The standard InChI is InChI=1S/C18H17FN2O5/c1-26-18(25)15(22)10-20-16(23)12-3-2-4-14(9-12)21-17(24)11-5-7-13(19)8-6-11/h2-9,15,22H,10H2,1H3,(H,20,23)(H,21,24)/t15-/m0/s1. The van der Waals surface area contributed by atoms with Crippen molar-refractivity contribution in [1.82, 2.24) is 5.32 Å². The number of carbonyl (C=O) groups excluding carboxylic acids is 3. The number of amides is 2. The second-order valence-corrected chi connectivity index (χ2v) is 5.29. The smallest absolute Gasteiger partial charge is 0.336 e. The number of carbonyl (C=O) groups is 3. The summed E-state index contributed by atoms with van der Waals surface area (Å²) >= 11 is 0. The molecule has 0 saturated carbocycles. The SMILES string of the molecule is COC(=O)[C@@H](O)CNC(=O)c1cccc(NC(=O)c2ccc(F)cc2)c1. The van der Waals surface area contributed by atoms with Crippen molar-refractivity contribution in [3.05, 3.63) is 65.5 Å². The molecule has 2 aromatic rings. The minimum atomic E-state index is -1.47. The number of nitrogens with one attached hydrogen (secondary N) is 2. The highest BCUT2D eigenvalue weighted by molar-refractivity contribution is 6.05. The van der Waals surface area contributed by atoms with E-state index >= 15 is 0 Å². The summed E-state index contributed by atoms with van der Waals surface area (Å²) in [6.45, 7) is -0.308. The quantitative estimate of drug-likeness (QED) is 0.675. The zero-order valence-corrected chi connectivity index (χ0v) is 13.9. The topological polar surface area (TPSA) is 105 Å². The maximum Gasteiger partial charge on any atom is 0.336 e. The molecule has 0 fully saturated rings. The largest absolute Gasteiger partial charge is 0.467 e. The van der Waals surface area contributed by atoms with Crippen LogP contribution in [0.4, 0.5) is 10.1 Å². The average molecular weight is 360 g/mol. The van der Waals surface area contributed by atoms with Crippen molar-refractivity contribution in [3.63, 3.8) is 0 Å². The lowest BCUT2D eigenvalue weighted by Crippen LogP contribution is -2.37. The van der Waals surface area contributed by atoms with Gasteiger partial charge >= 0.3 is 5.97 Å². The number of esters is 1. The van der Waals surface area contributed by atoms with Crippen LogP contribution in [0, 0.1) is 5.82 Å². The molecule has 0 saturated heterocycles. The predicted molar refractivity (Wildman–Crippen MR) is 91.2 cm³/mol. The number of halogens is 1. The lowest BCUT2D eigenvalue weighted by molar-refractivity contribution is -0.149. The molecule has 2 aromatic carbocycles. The lowest BCUT2D eigenvalue weighted by Gasteiger charge is -2.11. The first-order chi connectivity index (χ1) is 12.4. The van der Waals surface area contributed by atoms with Gasteiger partial charge in [-0.3, -0.25) is 9.59 Å². The molecule has 0 aliphatic rings. The lowest BCUT2D eigenvalue weighted by atomic mass is 10.1. The predicted octanol–water partition coefficient (Wildman–Crippen LogP) is 1.34. The molecular formula is C18H17FN2O5. The summed E-state index contributed by atoms with van der Waals surface area (Å²) in [5.41, 5.74) is 0.849. The Balaban J connectivity index is 2.00. The van der Waals surface area contributed by atoms with Crippen LogP contribution in [0.2, 0.25) is 0 Å². The Bertz CT molecular complexity index is 807. The van der Waals surface area contributed by atoms with Gasteiger partial charge in [0.25, 0.3) is 11.8 Å². The Hall–Kier alpha value is -3.26. The van der Waals surface area contributed by atoms with Gasteiger partial charge < -0.3 is 20.5 Å². The van der Waals surface area contributed by atoms with E-state index in [1.54, 1.807) is 12.1 Å². The van der Waals surface area contributed by atoms with Crippen molar-refractivity contribution in [2.45, 2.75) is 6.10 Å². The van der Waals surface area contributed by atoms with Crippen LogP contribution in [0.25, 0.3) is 0 Å². The van der Waals surface area contributed by atoms with Crippen LogP contribution in [-0.4, -0.2) is 42.6 Å². The van der Waals surface area contributed by atoms with Crippen LogP contribution in [0.5, 0.6) is 0 Å². The van der Waals surface area contributed by atoms with Crippen LogP contribution in [0.15, 0.2) is 48.5 Å². The first-order valence-electron chi connectivity index (χ1n) is 7.62. The van der Waals surface area contributed by atoms with Crippen LogP contribution in [0.3, 0.4) is 0 Å². The van der Waals surface area contributed by atoms with E-state index in [2.05, 4.69) is 15.4 Å². The summed E-state index contributed by atoms with van der Waals surface area (Å²) in [4.78, 5) is 35.3. The van der Waals surface area contributed by atoms with Crippen molar-refractivity contribution < 1.29 is 28.6 Å². The van der Waals surface area contributed by atoms with Gasteiger partial charge in [0.05, 0.1) is 13.7 Å². The highest BCUT2D eigenvalue weighted by Crippen LogP contribution is 2.13. The Labute approximate surface area is 148 Å². The number of methoxy groups -OCH3 is 1. The number of ether oxygens (including phenoxy) is 1. The zero-order valence-electron chi connectivity index (χ0n) is 13.9. The van der Waals surface area contributed by atoms with Gasteiger partial charge in [-0.1, -0.05) is 6.07 Å². The Morgan fingerprint density at radius 3 is 2.42 bits per heavy atom. The zero-order chi connectivity index (χ0) is 19.1. The van der Waals surface area contributed by atoms with E-state index in [-0.39, 0.29) is 17.7 Å². The van der Waals surface area contributed by atoms with Crippen LogP contribution < -0.4 is 10.6 Å². The maximum atomic E-state index is 12.9. The molecule has 2 rings (SSSR count). The minimum absolute atomic E-state index is 0.221. The monoisotopic (exact) mass is 360 g/mol. The third kappa shape index (κ3) is 5.12. The molecule has 0 aliphatic heterocycles. The minimum Gasteiger partial charge on any atom is -0.467 e. The molecule has 1 atom stereocenters. The Kier molecular flexibility index (Phi) is 6.40. The number of aliphatic hydroxyl groups is 1. The van der Waals surface area contributed by atoms with Gasteiger partial charge in [-0.15, -0.1) is 0 Å².